The Morgan fingerprint density at radius 2 is 2.14 bits per heavy atom. The lowest BCUT2D eigenvalue weighted by Gasteiger charge is -2.34. The molecule has 4 nitrogen and oxygen atoms in total. The number of rotatable bonds is 4. The van der Waals surface area contributed by atoms with Gasteiger partial charge >= 0.3 is 0 Å². The average molecular weight is 289 g/mol. The van der Waals surface area contributed by atoms with Crippen molar-refractivity contribution in [2.24, 2.45) is 0 Å². The van der Waals surface area contributed by atoms with Crippen LogP contribution in [0.3, 0.4) is 0 Å². The topological polar surface area (TPSA) is 51.0 Å². The zero-order valence-corrected chi connectivity index (χ0v) is 12.2. The molecule has 1 fully saturated rings. The minimum atomic E-state index is -0.263. The second-order valence-corrected chi connectivity index (χ2v) is 5.74. The van der Waals surface area contributed by atoms with E-state index in [-0.39, 0.29) is 11.2 Å². The third-order valence-electron chi connectivity index (χ3n) is 4.18. The number of nitrogens with one attached hydrogen (secondary N) is 1. The van der Waals surface area contributed by atoms with E-state index in [1.165, 1.54) is 12.1 Å². The van der Waals surface area contributed by atoms with Crippen LogP contribution in [0.15, 0.2) is 28.8 Å². The Hall–Kier alpha value is -1.75. The fourth-order valence-corrected chi connectivity index (χ4v) is 3.10. The molecule has 1 unspecified atom stereocenters. The molecule has 2 heterocycles. The first-order chi connectivity index (χ1) is 10.2. The summed E-state index contributed by atoms with van der Waals surface area (Å²) in [6.07, 6.45) is 4.30. The molecule has 0 bridgehead atoms. The highest BCUT2D eigenvalue weighted by molar-refractivity contribution is 5.53. The number of benzene rings is 1. The third-order valence-corrected chi connectivity index (χ3v) is 4.18. The number of aromatic nitrogens is 2. The molecule has 0 saturated carbocycles. The van der Waals surface area contributed by atoms with Gasteiger partial charge in [0.1, 0.15) is 5.82 Å². The molecule has 0 spiro atoms. The normalized spacial score (nSPS) is 22.4. The Balaban J connectivity index is 1.90. The van der Waals surface area contributed by atoms with E-state index in [0.29, 0.717) is 11.7 Å². The van der Waals surface area contributed by atoms with Crippen molar-refractivity contribution in [3.05, 3.63) is 36.0 Å². The maximum Gasteiger partial charge on any atom is 0.234 e. The van der Waals surface area contributed by atoms with Crippen molar-refractivity contribution in [2.45, 2.75) is 38.0 Å². The van der Waals surface area contributed by atoms with Gasteiger partial charge in [-0.1, -0.05) is 18.5 Å². The molecule has 0 radical (unpaired) electrons. The molecule has 1 aliphatic rings. The SMILES string of the molecule is CCCC1(c2nc(-c3ccc(F)cc3)no2)CCCNC1. The van der Waals surface area contributed by atoms with Crippen molar-refractivity contribution in [1.29, 1.82) is 0 Å². The summed E-state index contributed by atoms with van der Waals surface area (Å²) in [5, 5.41) is 7.52. The molecule has 0 aliphatic carbocycles. The fourth-order valence-electron chi connectivity index (χ4n) is 3.10. The summed E-state index contributed by atoms with van der Waals surface area (Å²) in [5.74, 6) is 0.975. The van der Waals surface area contributed by atoms with E-state index < -0.39 is 0 Å². The lowest BCUT2D eigenvalue weighted by Crippen LogP contribution is -2.43. The number of piperidine rings is 1. The summed E-state index contributed by atoms with van der Waals surface area (Å²) in [7, 11) is 0. The van der Waals surface area contributed by atoms with Crippen molar-refractivity contribution < 1.29 is 8.91 Å². The first kappa shape index (κ1) is 14.2. The minimum Gasteiger partial charge on any atom is -0.338 e. The summed E-state index contributed by atoms with van der Waals surface area (Å²) in [5.41, 5.74) is 0.722. The second kappa shape index (κ2) is 5.93. The molecule has 1 aromatic heterocycles. The molecule has 3 rings (SSSR count). The Labute approximate surface area is 123 Å². The van der Waals surface area contributed by atoms with E-state index in [9.17, 15) is 4.39 Å². The van der Waals surface area contributed by atoms with Crippen LogP contribution >= 0.6 is 0 Å². The van der Waals surface area contributed by atoms with Crippen molar-refractivity contribution in [3.8, 4) is 11.4 Å². The van der Waals surface area contributed by atoms with E-state index in [1.807, 2.05) is 0 Å². The van der Waals surface area contributed by atoms with Crippen LogP contribution in [0, 0.1) is 5.82 Å². The Morgan fingerprint density at radius 1 is 1.33 bits per heavy atom. The van der Waals surface area contributed by atoms with Crippen LogP contribution in [0.5, 0.6) is 0 Å². The third kappa shape index (κ3) is 2.83. The predicted molar refractivity (Wildman–Crippen MR) is 78.4 cm³/mol. The largest absolute Gasteiger partial charge is 0.338 e. The summed E-state index contributed by atoms with van der Waals surface area (Å²) >= 11 is 0. The molecule has 5 heteroatoms. The number of halogens is 1. The van der Waals surface area contributed by atoms with Crippen molar-refractivity contribution >= 4 is 0 Å². The van der Waals surface area contributed by atoms with Gasteiger partial charge in [-0.15, -0.1) is 0 Å². The van der Waals surface area contributed by atoms with Gasteiger partial charge in [-0.3, -0.25) is 0 Å². The smallest absolute Gasteiger partial charge is 0.234 e. The van der Waals surface area contributed by atoms with Crippen LogP contribution in [0.1, 0.15) is 38.5 Å². The van der Waals surface area contributed by atoms with Gasteiger partial charge in [0.25, 0.3) is 0 Å². The highest BCUT2D eigenvalue weighted by Crippen LogP contribution is 2.35. The molecular weight excluding hydrogens is 269 g/mol. The average Bonchev–Trinajstić information content (AvgIpc) is 3.00. The molecule has 1 aliphatic heterocycles. The molecule has 0 amide bonds. The highest BCUT2D eigenvalue weighted by atomic mass is 19.1. The molecule has 21 heavy (non-hydrogen) atoms. The predicted octanol–water partition coefficient (Wildman–Crippen LogP) is 3.30. The highest BCUT2D eigenvalue weighted by Gasteiger charge is 2.38. The van der Waals surface area contributed by atoms with E-state index >= 15 is 0 Å². The monoisotopic (exact) mass is 289 g/mol. The first-order valence-electron chi connectivity index (χ1n) is 7.54. The number of hydrogen-bond donors (Lipinski definition) is 1. The maximum absolute atomic E-state index is 13.0. The Bertz CT molecular complexity index is 582. The van der Waals surface area contributed by atoms with E-state index in [1.54, 1.807) is 12.1 Å². The van der Waals surface area contributed by atoms with Gasteiger partial charge in [0.05, 0.1) is 5.41 Å². The molecule has 1 atom stereocenters. The van der Waals surface area contributed by atoms with E-state index in [4.69, 9.17) is 4.52 Å². The van der Waals surface area contributed by atoms with Crippen molar-refractivity contribution in [3.63, 3.8) is 0 Å². The summed E-state index contributed by atoms with van der Waals surface area (Å²) in [6, 6.07) is 6.18. The van der Waals surface area contributed by atoms with Crippen LogP contribution in [-0.4, -0.2) is 23.2 Å². The molecule has 1 N–H and O–H groups in total. The van der Waals surface area contributed by atoms with Gasteiger partial charge in [0.15, 0.2) is 0 Å². The molecule has 1 saturated heterocycles. The first-order valence-corrected chi connectivity index (χ1v) is 7.54. The standard InChI is InChI=1S/C16H20FN3O/c1-2-8-16(9-3-10-18-11-16)15-19-14(20-21-15)12-4-6-13(17)7-5-12/h4-7,18H,2-3,8-11H2,1H3. The minimum absolute atomic E-state index is 0.0573. The van der Waals surface area contributed by atoms with Crippen molar-refractivity contribution in [2.75, 3.05) is 13.1 Å². The lowest BCUT2D eigenvalue weighted by molar-refractivity contribution is 0.213. The van der Waals surface area contributed by atoms with Crippen LogP contribution < -0.4 is 5.32 Å². The summed E-state index contributed by atoms with van der Waals surface area (Å²) in [4.78, 5) is 4.58. The van der Waals surface area contributed by atoms with Gasteiger partial charge in [-0.2, -0.15) is 4.98 Å². The quantitative estimate of drug-likeness (QED) is 0.938. The van der Waals surface area contributed by atoms with Crippen LogP contribution in [-0.2, 0) is 5.41 Å². The maximum atomic E-state index is 13.0. The van der Waals surface area contributed by atoms with E-state index in [0.717, 1.165) is 44.3 Å². The van der Waals surface area contributed by atoms with Crippen LogP contribution in [0.25, 0.3) is 11.4 Å². The summed E-state index contributed by atoms with van der Waals surface area (Å²) < 4.78 is 18.5. The Kier molecular flexibility index (Phi) is 4.01. The second-order valence-electron chi connectivity index (χ2n) is 5.74. The number of hydrogen-bond acceptors (Lipinski definition) is 4. The van der Waals surface area contributed by atoms with Gasteiger partial charge in [0.2, 0.25) is 11.7 Å². The number of nitrogens with zero attached hydrogens (tertiary/aromatic N) is 2. The Morgan fingerprint density at radius 3 is 2.81 bits per heavy atom. The molecule has 112 valence electrons. The summed E-state index contributed by atoms with van der Waals surface area (Å²) in [6.45, 7) is 4.10. The van der Waals surface area contributed by atoms with E-state index in [2.05, 4.69) is 22.4 Å². The molecular formula is C16H20FN3O. The molecule has 1 aromatic carbocycles. The van der Waals surface area contributed by atoms with Gasteiger partial charge in [-0.25, -0.2) is 4.39 Å². The van der Waals surface area contributed by atoms with Crippen LogP contribution in [0.4, 0.5) is 4.39 Å². The van der Waals surface area contributed by atoms with Gasteiger partial charge in [0, 0.05) is 12.1 Å². The van der Waals surface area contributed by atoms with Crippen LogP contribution in [0.2, 0.25) is 0 Å². The lowest BCUT2D eigenvalue weighted by atomic mass is 9.77. The zero-order valence-electron chi connectivity index (χ0n) is 12.2. The van der Waals surface area contributed by atoms with Gasteiger partial charge < -0.3 is 9.84 Å². The van der Waals surface area contributed by atoms with Crippen molar-refractivity contribution in [1.82, 2.24) is 15.5 Å². The molecule has 2 aromatic rings. The zero-order chi connectivity index (χ0) is 14.7. The fraction of sp³-hybridized carbons (Fsp3) is 0.500. The van der Waals surface area contributed by atoms with Gasteiger partial charge in [-0.05, 0) is 50.1 Å².